The maximum Gasteiger partial charge on any atom is 0.182 e. The van der Waals surface area contributed by atoms with Crippen LogP contribution in [-0.2, 0) is 6.42 Å². The number of anilines is 1. The van der Waals surface area contributed by atoms with Crippen molar-refractivity contribution in [2.45, 2.75) is 19.4 Å². The second-order valence-corrected chi connectivity index (χ2v) is 4.80. The van der Waals surface area contributed by atoms with Gasteiger partial charge in [-0.2, -0.15) is 5.26 Å². The lowest BCUT2D eigenvalue weighted by Gasteiger charge is -2.16. The van der Waals surface area contributed by atoms with Crippen LogP contribution in [0.1, 0.15) is 18.2 Å². The Balaban J connectivity index is 2.09. The number of rotatable bonds is 6. The van der Waals surface area contributed by atoms with Crippen LogP contribution in [0.5, 0.6) is 11.5 Å². The Labute approximate surface area is 129 Å². The number of methoxy groups -OCH3 is 2. The van der Waals surface area contributed by atoms with Crippen molar-refractivity contribution in [2.75, 3.05) is 19.5 Å². The highest BCUT2D eigenvalue weighted by Gasteiger charge is 2.11. The van der Waals surface area contributed by atoms with Gasteiger partial charge in [0.2, 0.25) is 0 Å². The summed E-state index contributed by atoms with van der Waals surface area (Å²) in [6.45, 7) is 2.02. The molecule has 0 aliphatic rings. The molecule has 0 radical (unpaired) electrons. The maximum absolute atomic E-state index is 9.02. The zero-order valence-electron chi connectivity index (χ0n) is 12.8. The summed E-state index contributed by atoms with van der Waals surface area (Å²) in [4.78, 5) is 8.14. The van der Waals surface area contributed by atoms with Crippen LogP contribution in [0.3, 0.4) is 0 Å². The predicted molar refractivity (Wildman–Crippen MR) is 83.1 cm³/mol. The van der Waals surface area contributed by atoms with E-state index < -0.39 is 0 Å². The molecule has 6 heteroatoms. The van der Waals surface area contributed by atoms with Crippen LogP contribution < -0.4 is 14.8 Å². The molecular formula is C16H18N4O2. The van der Waals surface area contributed by atoms with Gasteiger partial charge in [0.25, 0.3) is 0 Å². The number of hydrogen-bond acceptors (Lipinski definition) is 6. The number of hydrogen-bond donors (Lipinski definition) is 1. The fourth-order valence-electron chi connectivity index (χ4n) is 2.17. The lowest BCUT2D eigenvalue weighted by atomic mass is 10.1. The molecule has 114 valence electrons. The SMILES string of the molecule is COc1ccc(C[C@@H](C)Nc2nccnc2C#N)cc1OC. The van der Waals surface area contributed by atoms with Gasteiger partial charge < -0.3 is 14.8 Å². The third kappa shape index (κ3) is 3.64. The van der Waals surface area contributed by atoms with Crippen molar-refractivity contribution < 1.29 is 9.47 Å². The summed E-state index contributed by atoms with van der Waals surface area (Å²) in [6.07, 6.45) is 3.82. The van der Waals surface area contributed by atoms with Crippen LogP contribution in [0.2, 0.25) is 0 Å². The Morgan fingerprint density at radius 1 is 1.18 bits per heavy atom. The van der Waals surface area contributed by atoms with Crippen LogP contribution in [0, 0.1) is 11.3 Å². The van der Waals surface area contributed by atoms with E-state index >= 15 is 0 Å². The fourth-order valence-corrected chi connectivity index (χ4v) is 2.17. The lowest BCUT2D eigenvalue weighted by molar-refractivity contribution is 0.354. The summed E-state index contributed by atoms with van der Waals surface area (Å²) < 4.78 is 10.5. The second-order valence-electron chi connectivity index (χ2n) is 4.80. The molecule has 0 spiro atoms. The Kier molecular flexibility index (Phi) is 5.15. The summed E-state index contributed by atoms with van der Waals surface area (Å²) >= 11 is 0. The molecule has 22 heavy (non-hydrogen) atoms. The van der Waals surface area contributed by atoms with Crippen LogP contribution in [0.25, 0.3) is 0 Å². The molecule has 1 aromatic heterocycles. The molecule has 0 unspecified atom stereocenters. The highest BCUT2D eigenvalue weighted by molar-refractivity contribution is 5.48. The van der Waals surface area contributed by atoms with Crippen molar-refractivity contribution in [3.05, 3.63) is 41.9 Å². The Bertz CT molecular complexity index is 682. The average molecular weight is 298 g/mol. The van der Waals surface area contributed by atoms with Crippen LogP contribution in [-0.4, -0.2) is 30.2 Å². The van der Waals surface area contributed by atoms with Crippen molar-refractivity contribution in [3.8, 4) is 17.6 Å². The van der Waals surface area contributed by atoms with Gasteiger partial charge in [0.1, 0.15) is 6.07 Å². The monoisotopic (exact) mass is 298 g/mol. The third-order valence-corrected chi connectivity index (χ3v) is 3.18. The highest BCUT2D eigenvalue weighted by atomic mass is 16.5. The van der Waals surface area contributed by atoms with E-state index in [0.717, 1.165) is 12.0 Å². The molecule has 0 aliphatic heterocycles. The largest absolute Gasteiger partial charge is 0.493 e. The molecule has 1 aromatic carbocycles. The van der Waals surface area contributed by atoms with Gasteiger partial charge in [-0.3, -0.25) is 0 Å². The minimum absolute atomic E-state index is 0.0851. The van der Waals surface area contributed by atoms with E-state index in [1.165, 1.54) is 6.20 Å². The molecule has 0 aliphatic carbocycles. The van der Waals surface area contributed by atoms with E-state index in [-0.39, 0.29) is 6.04 Å². The first-order valence-electron chi connectivity index (χ1n) is 6.86. The second kappa shape index (κ2) is 7.27. The first kappa shape index (κ1) is 15.6. The van der Waals surface area contributed by atoms with Crippen LogP contribution in [0.4, 0.5) is 5.82 Å². The van der Waals surface area contributed by atoms with Gasteiger partial charge in [-0.25, -0.2) is 9.97 Å². The highest BCUT2D eigenvalue weighted by Crippen LogP contribution is 2.28. The quantitative estimate of drug-likeness (QED) is 0.882. The molecule has 0 fully saturated rings. The van der Waals surface area contributed by atoms with Gasteiger partial charge in [-0.15, -0.1) is 0 Å². The van der Waals surface area contributed by atoms with Crippen molar-refractivity contribution in [1.29, 1.82) is 5.26 Å². The van der Waals surface area contributed by atoms with Gasteiger partial charge in [0.15, 0.2) is 23.0 Å². The number of nitrogens with zero attached hydrogens (tertiary/aromatic N) is 3. The van der Waals surface area contributed by atoms with E-state index in [0.29, 0.717) is 23.0 Å². The van der Waals surface area contributed by atoms with Crippen LogP contribution in [0.15, 0.2) is 30.6 Å². The number of nitriles is 1. The maximum atomic E-state index is 9.02. The third-order valence-electron chi connectivity index (χ3n) is 3.18. The Morgan fingerprint density at radius 3 is 2.59 bits per heavy atom. The van der Waals surface area contributed by atoms with Crippen molar-refractivity contribution in [2.24, 2.45) is 0 Å². The molecule has 2 aromatic rings. The smallest absolute Gasteiger partial charge is 0.182 e. The lowest BCUT2D eigenvalue weighted by Crippen LogP contribution is -2.20. The molecular weight excluding hydrogens is 280 g/mol. The van der Waals surface area contributed by atoms with Crippen molar-refractivity contribution in [1.82, 2.24) is 9.97 Å². The van der Waals surface area contributed by atoms with Gasteiger partial charge in [-0.05, 0) is 31.0 Å². The molecule has 0 saturated carbocycles. The Morgan fingerprint density at radius 2 is 1.91 bits per heavy atom. The zero-order valence-corrected chi connectivity index (χ0v) is 12.8. The standard InChI is InChI=1S/C16H18N4O2/c1-11(20-16-13(10-17)18-6-7-19-16)8-12-4-5-14(21-2)15(9-12)22-3/h4-7,9,11H,8H2,1-3H3,(H,19,20)/t11-/m1/s1. The summed E-state index contributed by atoms with van der Waals surface area (Å²) in [5, 5.41) is 12.2. The van der Waals surface area contributed by atoms with E-state index in [1.807, 2.05) is 31.2 Å². The normalized spacial score (nSPS) is 11.4. The van der Waals surface area contributed by atoms with E-state index in [9.17, 15) is 0 Å². The first-order valence-corrected chi connectivity index (χ1v) is 6.86. The summed E-state index contributed by atoms with van der Waals surface area (Å²) in [5.74, 6) is 1.90. The summed E-state index contributed by atoms with van der Waals surface area (Å²) in [7, 11) is 3.22. The topological polar surface area (TPSA) is 80.1 Å². The summed E-state index contributed by atoms with van der Waals surface area (Å²) in [6, 6.07) is 7.92. The average Bonchev–Trinajstić information content (AvgIpc) is 2.55. The van der Waals surface area contributed by atoms with Gasteiger partial charge in [0, 0.05) is 18.4 Å². The number of benzene rings is 1. The molecule has 0 bridgehead atoms. The molecule has 1 N–H and O–H groups in total. The van der Waals surface area contributed by atoms with E-state index in [2.05, 4.69) is 15.3 Å². The molecule has 6 nitrogen and oxygen atoms in total. The molecule has 1 heterocycles. The minimum Gasteiger partial charge on any atom is -0.493 e. The first-order chi connectivity index (χ1) is 10.7. The minimum atomic E-state index is 0.0851. The van der Waals surface area contributed by atoms with Crippen molar-refractivity contribution in [3.63, 3.8) is 0 Å². The number of aromatic nitrogens is 2. The van der Waals surface area contributed by atoms with Crippen molar-refractivity contribution >= 4 is 5.82 Å². The number of nitrogens with one attached hydrogen (secondary N) is 1. The molecule has 0 amide bonds. The number of ether oxygens (including phenoxy) is 2. The van der Waals surface area contributed by atoms with Gasteiger partial charge >= 0.3 is 0 Å². The predicted octanol–water partition coefficient (Wildman–Crippen LogP) is 2.41. The van der Waals surface area contributed by atoms with Crippen LogP contribution >= 0.6 is 0 Å². The Hall–Kier alpha value is -2.81. The van der Waals surface area contributed by atoms with Gasteiger partial charge in [0.05, 0.1) is 14.2 Å². The fraction of sp³-hybridized carbons (Fsp3) is 0.312. The van der Waals surface area contributed by atoms with E-state index in [4.69, 9.17) is 14.7 Å². The van der Waals surface area contributed by atoms with Gasteiger partial charge in [-0.1, -0.05) is 6.07 Å². The zero-order chi connectivity index (χ0) is 15.9. The molecule has 0 saturated heterocycles. The molecule has 1 atom stereocenters. The molecule has 2 rings (SSSR count). The summed E-state index contributed by atoms with van der Waals surface area (Å²) in [5.41, 5.74) is 1.39. The van der Waals surface area contributed by atoms with E-state index in [1.54, 1.807) is 20.4 Å².